The molecule has 0 bridgehead atoms. The molecule has 0 atom stereocenters. The highest BCUT2D eigenvalue weighted by Gasteiger charge is 2.18. The molecule has 1 saturated heterocycles. The molecule has 0 spiro atoms. The van der Waals surface area contributed by atoms with Crippen LogP contribution in [0.2, 0.25) is 0 Å². The number of hydrogen-bond donors (Lipinski definition) is 2. The van der Waals surface area contributed by atoms with Crippen LogP contribution in [0.25, 0.3) is 11.0 Å². The molecule has 128 valence electrons. The summed E-state index contributed by atoms with van der Waals surface area (Å²) in [5.74, 6) is 0. The number of para-hydroxylation sites is 2. The highest BCUT2D eigenvalue weighted by Crippen LogP contribution is 2.28. The summed E-state index contributed by atoms with van der Waals surface area (Å²) in [5, 5.41) is 3.58. The van der Waals surface area contributed by atoms with Crippen LogP contribution in [0.1, 0.15) is 18.4 Å². The first-order valence-electron chi connectivity index (χ1n) is 8.83. The maximum absolute atomic E-state index is 6.04. The second-order valence-corrected chi connectivity index (χ2v) is 6.57. The third-order valence-electron chi connectivity index (χ3n) is 4.80. The van der Waals surface area contributed by atoms with E-state index in [4.69, 9.17) is 5.73 Å². The van der Waals surface area contributed by atoms with Gasteiger partial charge in [0.2, 0.25) is 0 Å². The average molecular weight is 333 g/mol. The molecule has 1 aromatic heterocycles. The Kier molecular flexibility index (Phi) is 4.48. The Labute approximate surface area is 147 Å². The van der Waals surface area contributed by atoms with Crippen molar-refractivity contribution in [3.8, 4) is 0 Å². The Morgan fingerprint density at radius 2 is 1.76 bits per heavy atom. The lowest BCUT2D eigenvalue weighted by atomic mass is 10.0. The molecule has 5 nitrogen and oxygen atoms in total. The summed E-state index contributed by atoms with van der Waals surface area (Å²) in [6.45, 7) is 2.80. The minimum atomic E-state index is 0.343. The van der Waals surface area contributed by atoms with Crippen molar-refractivity contribution >= 4 is 22.4 Å². The van der Waals surface area contributed by atoms with Gasteiger partial charge < -0.3 is 16.0 Å². The van der Waals surface area contributed by atoms with Crippen LogP contribution in [-0.4, -0.2) is 29.1 Å². The quantitative estimate of drug-likeness (QED) is 0.767. The molecule has 2 heterocycles. The van der Waals surface area contributed by atoms with Crippen molar-refractivity contribution in [3.05, 3.63) is 60.4 Å². The molecule has 0 aliphatic carbocycles. The number of rotatable bonds is 4. The average Bonchev–Trinajstić information content (AvgIpc) is 2.67. The van der Waals surface area contributed by atoms with Crippen LogP contribution in [0.5, 0.6) is 0 Å². The molecule has 4 rings (SSSR count). The van der Waals surface area contributed by atoms with E-state index < -0.39 is 0 Å². The summed E-state index contributed by atoms with van der Waals surface area (Å²) in [5.41, 5.74) is 11.5. The zero-order valence-electron chi connectivity index (χ0n) is 14.2. The standard InChI is InChI=1S/C20H23N5/c21-16-7-11-25(12-8-16)20-4-2-1-3-18(20)24-14-15-5-6-17-19(13-15)23-10-9-22-17/h1-6,9-10,13,16,24H,7-8,11-12,14,21H2. The molecule has 5 heteroatoms. The van der Waals surface area contributed by atoms with Gasteiger partial charge >= 0.3 is 0 Å². The van der Waals surface area contributed by atoms with E-state index in [1.54, 1.807) is 12.4 Å². The van der Waals surface area contributed by atoms with Gasteiger partial charge in [0, 0.05) is 38.1 Å². The Balaban J connectivity index is 1.50. The van der Waals surface area contributed by atoms with Crippen molar-refractivity contribution in [2.24, 2.45) is 5.73 Å². The van der Waals surface area contributed by atoms with Gasteiger partial charge in [-0.15, -0.1) is 0 Å². The van der Waals surface area contributed by atoms with Crippen molar-refractivity contribution in [1.29, 1.82) is 0 Å². The predicted molar refractivity (Wildman–Crippen MR) is 103 cm³/mol. The number of nitrogens with one attached hydrogen (secondary N) is 1. The van der Waals surface area contributed by atoms with Gasteiger partial charge in [0.1, 0.15) is 0 Å². The van der Waals surface area contributed by atoms with Crippen molar-refractivity contribution in [2.75, 3.05) is 23.3 Å². The Bertz CT molecular complexity index is 855. The zero-order valence-corrected chi connectivity index (χ0v) is 14.2. The fourth-order valence-electron chi connectivity index (χ4n) is 3.36. The van der Waals surface area contributed by atoms with Gasteiger partial charge in [-0.25, -0.2) is 0 Å². The third kappa shape index (κ3) is 3.56. The van der Waals surface area contributed by atoms with Crippen LogP contribution in [-0.2, 0) is 6.54 Å². The molecule has 2 aromatic carbocycles. The first-order valence-corrected chi connectivity index (χ1v) is 8.83. The van der Waals surface area contributed by atoms with Gasteiger partial charge in [-0.3, -0.25) is 9.97 Å². The largest absolute Gasteiger partial charge is 0.379 e. The molecule has 3 aromatic rings. The van der Waals surface area contributed by atoms with Crippen molar-refractivity contribution < 1.29 is 0 Å². The maximum atomic E-state index is 6.04. The van der Waals surface area contributed by atoms with Gasteiger partial charge in [-0.05, 0) is 42.7 Å². The van der Waals surface area contributed by atoms with Crippen LogP contribution in [0, 0.1) is 0 Å². The fraction of sp³-hybridized carbons (Fsp3) is 0.300. The van der Waals surface area contributed by atoms with Gasteiger partial charge in [0.25, 0.3) is 0 Å². The lowest BCUT2D eigenvalue weighted by Gasteiger charge is -2.33. The summed E-state index contributed by atoms with van der Waals surface area (Å²) in [6, 6.07) is 15.1. The van der Waals surface area contributed by atoms with E-state index in [-0.39, 0.29) is 0 Å². The first-order chi connectivity index (χ1) is 12.3. The number of aromatic nitrogens is 2. The first kappa shape index (κ1) is 15.8. The van der Waals surface area contributed by atoms with E-state index >= 15 is 0 Å². The number of hydrogen-bond acceptors (Lipinski definition) is 5. The molecular weight excluding hydrogens is 310 g/mol. The van der Waals surface area contributed by atoms with E-state index in [9.17, 15) is 0 Å². The van der Waals surface area contributed by atoms with E-state index in [0.29, 0.717) is 6.04 Å². The number of fused-ring (bicyclic) bond motifs is 1. The van der Waals surface area contributed by atoms with E-state index in [2.05, 4.69) is 56.6 Å². The molecule has 3 N–H and O–H groups in total. The molecule has 1 aliphatic rings. The number of nitrogens with zero attached hydrogens (tertiary/aromatic N) is 3. The summed E-state index contributed by atoms with van der Waals surface area (Å²) < 4.78 is 0. The topological polar surface area (TPSA) is 67.1 Å². The van der Waals surface area contributed by atoms with Crippen molar-refractivity contribution in [2.45, 2.75) is 25.4 Å². The second kappa shape index (κ2) is 7.07. The Hall–Kier alpha value is -2.66. The number of anilines is 2. The third-order valence-corrected chi connectivity index (χ3v) is 4.80. The zero-order chi connectivity index (χ0) is 17.1. The summed E-state index contributed by atoms with van der Waals surface area (Å²) in [4.78, 5) is 11.1. The van der Waals surface area contributed by atoms with Crippen molar-refractivity contribution in [3.63, 3.8) is 0 Å². The van der Waals surface area contributed by atoms with Crippen LogP contribution >= 0.6 is 0 Å². The predicted octanol–water partition coefficient (Wildman–Crippen LogP) is 3.17. The smallest absolute Gasteiger partial charge is 0.0890 e. The number of benzene rings is 2. The maximum Gasteiger partial charge on any atom is 0.0890 e. The molecule has 0 unspecified atom stereocenters. The lowest BCUT2D eigenvalue weighted by Crippen LogP contribution is -2.39. The summed E-state index contributed by atoms with van der Waals surface area (Å²) >= 11 is 0. The van der Waals surface area contributed by atoms with E-state index in [1.807, 2.05) is 6.07 Å². The minimum Gasteiger partial charge on any atom is -0.379 e. The SMILES string of the molecule is NC1CCN(c2ccccc2NCc2ccc3nccnc3c2)CC1. The summed E-state index contributed by atoms with van der Waals surface area (Å²) in [7, 11) is 0. The van der Waals surface area contributed by atoms with Crippen LogP contribution in [0.15, 0.2) is 54.9 Å². The molecule has 0 amide bonds. The van der Waals surface area contributed by atoms with Gasteiger partial charge in [0.15, 0.2) is 0 Å². The van der Waals surface area contributed by atoms with Crippen LogP contribution in [0.3, 0.4) is 0 Å². The van der Waals surface area contributed by atoms with Crippen LogP contribution < -0.4 is 16.0 Å². The molecule has 0 radical (unpaired) electrons. The van der Waals surface area contributed by atoms with E-state index in [0.717, 1.165) is 49.2 Å². The second-order valence-electron chi connectivity index (χ2n) is 6.57. The van der Waals surface area contributed by atoms with E-state index in [1.165, 1.54) is 11.3 Å². The minimum absolute atomic E-state index is 0.343. The van der Waals surface area contributed by atoms with Gasteiger partial charge in [-0.2, -0.15) is 0 Å². The molecular formula is C20H23N5. The lowest BCUT2D eigenvalue weighted by molar-refractivity contribution is 0.501. The molecule has 25 heavy (non-hydrogen) atoms. The Morgan fingerprint density at radius 3 is 2.60 bits per heavy atom. The fourth-order valence-corrected chi connectivity index (χ4v) is 3.36. The monoisotopic (exact) mass is 333 g/mol. The molecule has 1 aliphatic heterocycles. The van der Waals surface area contributed by atoms with Gasteiger partial charge in [-0.1, -0.05) is 18.2 Å². The van der Waals surface area contributed by atoms with Crippen molar-refractivity contribution in [1.82, 2.24) is 9.97 Å². The highest BCUT2D eigenvalue weighted by atomic mass is 15.2. The molecule has 1 fully saturated rings. The number of nitrogens with two attached hydrogens (primary N) is 1. The summed E-state index contributed by atoms with van der Waals surface area (Å²) in [6.07, 6.45) is 5.56. The van der Waals surface area contributed by atoms with Gasteiger partial charge in [0.05, 0.1) is 22.4 Å². The molecule has 0 saturated carbocycles. The normalized spacial score (nSPS) is 15.5. The van der Waals surface area contributed by atoms with Crippen LogP contribution in [0.4, 0.5) is 11.4 Å². The Morgan fingerprint density at radius 1 is 1.00 bits per heavy atom. The highest BCUT2D eigenvalue weighted by molar-refractivity contribution is 5.75. The number of piperidine rings is 1.